The lowest BCUT2D eigenvalue weighted by Crippen LogP contribution is -2.38. The number of esters is 2. The number of benzene rings is 4. The zero-order chi connectivity index (χ0) is 29.5. The molecule has 0 bridgehead atoms. The van der Waals surface area contributed by atoms with Crippen molar-refractivity contribution in [3.05, 3.63) is 132 Å². The third-order valence-corrected chi connectivity index (χ3v) is 10.8. The quantitative estimate of drug-likeness (QED) is 0.187. The predicted molar refractivity (Wildman–Crippen MR) is 159 cm³/mol. The second kappa shape index (κ2) is 12.9. The minimum atomic E-state index is -5.01. The summed E-state index contributed by atoms with van der Waals surface area (Å²) in [5.41, 5.74) is -1.29. The molecule has 8 heteroatoms. The van der Waals surface area contributed by atoms with Gasteiger partial charge in [-0.3, -0.25) is 0 Å². The van der Waals surface area contributed by atoms with E-state index >= 15 is 13.2 Å². The molecule has 4 aromatic carbocycles. The summed E-state index contributed by atoms with van der Waals surface area (Å²) in [6.45, 7) is -1.88. The minimum absolute atomic E-state index is 0.0352. The van der Waals surface area contributed by atoms with Crippen LogP contribution in [0.5, 0.6) is 0 Å². The number of ether oxygens (including phenoxy) is 2. The van der Waals surface area contributed by atoms with Gasteiger partial charge in [-0.1, -0.05) is 109 Å². The predicted octanol–water partition coefficient (Wildman–Crippen LogP) is 6.15. The zero-order valence-corrected chi connectivity index (χ0v) is 23.4. The maximum atomic E-state index is 15.3. The van der Waals surface area contributed by atoms with Crippen LogP contribution in [0.3, 0.4) is 0 Å². The Bertz CT molecular complexity index is 1490. The van der Waals surface area contributed by atoms with Crippen molar-refractivity contribution in [3.63, 3.8) is 0 Å². The highest BCUT2D eigenvalue weighted by molar-refractivity contribution is 7.96. The Morgan fingerprint density at radius 1 is 0.732 bits per heavy atom. The first-order valence-corrected chi connectivity index (χ1v) is 14.6. The van der Waals surface area contributed by atoms with Crippen molar-refractivity contribution in [2.75, 3.05) is 13.7 Å². The summed E-state index contributed by atoms with van der Waals surface area (Å²) in [4.78, 5) is 26.5. The molecule has 0 aliphatic heterocycles. The van der Waals surface area contributed by atoms with E-state index in [1.165, 1.54) is 24.3 Å². The SMILES string of the molecule is CCOC(=O)c1ccccc1/C=C(/C(C(=O)OC)=P(c1ccccc1)(c1ccccc1)c1ccccc1)C(F)(F)F. The summed E-state index contributed by atoms with van der Waals surface area (Å²) < 4.78 is 56.2. The summed E-state index contributed by atoms with van der Waals surface area (Å²) in [5, 5.41) is 1.07. The maximum Gasteiger partial charge on any atom is 0.417 e. The Kier molecular flexibility index (Phi) is 9.31. The van der Waals surface area contributed by atoms with E-state index in [2.05, 4.69) is 0 Å². The molecule has 0 saturated carbocycles. The van der Waals surface area contributed by atoms with Crippen LogP contribution in [0.15, 0.2) is 121 Å². The lowest BCUT2D eigenvalue weighted by Gasteiger charge is -2.33. The van der Waals surface area contributed by atoms with E-state index in [1.807, 2.05) is 0 Å². The van der Waals surface area contributed by atoms with E-state index in [0.29, 0.717) is 15.9 Å². The van der Waals surface area contributed by atoms with Crippen molar-refractivity contribution in [2.24, 2.45) is 0 Å². The molecule has 4 aromatic rings. The highest BCUT2D eigenvalue weighted by atomic mass is 31.2. The van der Waals surface area contributed by atoms with Crippen LogP contribution in [0.25, 0.3) is 6.08 Å². The fourth-order valence-electron chi connectivity index (χ4n) is 4.77. The van der Waals surface area contributed by atoms with Crippen LogP contribution >= 0.6 is 6.89 Å². The van der Waals surface area contributed by atoms with Gasteiger partial charge in [0.25, 0.3) is 0 Å². The third-order valence-electron chi connectivity index (χ3n) is 6.46. The molecule has 0 fully saturated rings. The standard InChI is InChI=1S/C33H28F3O4P/c1-3-40-31(37)28-22-14-13-15-24(28)23-29(33(34,35)36)30(32(38)39-2)41(25-16-7-4-8-17-25,26-18-9-5-10-19-26)27-20-11-6-12-21-27/h4-23H,3H2,1-2H3/b29-23-. The molecule has 4 rings (SSSR count). The highest BCUT2D eigenvalue weighted by Crippen LogP contribution is 2.50. The van der Waals surface area contributed by atoms with E-state index in [4.69, 9.17) is 9.47 Å². The zero-order valence-electron chi connectivity index (χ0n) is 22.5. The average Bonchev–Trinajstić information content (AvgIpc) is 3.00. The monoisotopic (exact) mass is 576 g/mol. The molecule has 0 heterocycles. The van der Waals surface area contributed by atoms with Gasteiger partial charge < -0.3 is 9.47 Å². The van der Waals surface area contributed by atoms with Crippen LogP contribution in [0.1, 0.15) is 22.8 Å². The van der Waals surface area contributed by atoms with Gasteiger partial charge in [0.15, 0.2) is 0 Å². The van der Waals surface area contributed by atoms with Crippen LogP contribution in [0.4, 0.5) is 13.2 Å². The summed E-state index contributed by atoms with van der Waals surface area (Å²) >= 11 is 0. The van der Waals surface area contributed by atoms with Crippen molar-refractivity contribution in [2.45, 2.75) is 13.1 Å². The Morgan fingerprint density at radius 2 is 1.17 bits per heavy atom. The van der Waals surface area contributed by atoms with E-state index in [9.17, 15) is 9.59 Å². The second-order valence-corrected chi connectivity index (χ2v) is 12.2. The van der Waals surface area contributed by atoms with E-state index in [-0.39, 0.29) is 17.7 Å². The maximum absolute atomic E-state index is 15.3. The number of carbonyl (C=O) groups excluding carboxylic acids is 2. The Labute approximate surface area is 237 Å². The first-order valence-electron chi connectivity index (χ1n) is 12.8. The van der Waals surface area contributed by atoms with Gasteiger partial charge >= 0.3 is 18.1 Å². The van der Waals surface area contributed by atoms with Crippen molar-refractivity contribution in [1.82, 2.24) is 0 Å². The fraction of sp³-hybridized carbons (Fsp3) is 0.121. The van der Waals surface area contributed by atoms with Crippen molar-refractivity contribution in [3.8, 4) is 0 Å². The fourth-order valence-corrected chi connectivity index (χ4v) is 9.22. The molecule has 0 spiro atoms. The molecular weight excluding hydrogens is 548 g/mol. The first-order chi connectivity index (χ1) is 19.7. The minimum Gasteiger partial charge on any atom is -0.465 e. The molecule has 0 radical (unpaired) electrons. The molecule has 210 valence electrons. The van der Waals surface area contributed by atoms with Gasteiger partial charge in [0.1, 0.15) is 0 Å². The molecule has 0 aromatic heterocycles. The Morgan fingerprint density at radius 3 is 1.59 bits per heavy atom. The lowest BCUT2D eigenvalue weighted by atomic mass is 10.0. The molecule has 41 heavy (non-hydrogen) atoms. The van der Waals surface area contributed by atoms with Crippen LogP contribution in [-0.2, 0) is 14.3 Å². The molecule has 0 amide bonds. The van der Waals surface area contributed by atoms with E-state index in [0.717, 1.165) is 13.2 Å². The number of hydrogen-bond donors (Lipinski definition) is 0. The van der Waals surface area contributed by atoms with Crippen LogP contribution in [-0.4, -0.2) is 37.1 Å². The first kappa shape index (κ1) is 29.6. The summed E-state index contributed by atoms with van der Waals surface area (Å²) in [6, 6.07) is 31.9. The number of alkyl halides is 3. The van der Waals surface area contributed by atoms with Crippen molar-refractivity contribution in [1.29, 1.82) is 0 Å². The van der Waals surface area contributed by atoms with Crippen LogP contribution < -0.4 is 15.9 Å². The smallest absolute Gasteiger partial charge is 0.417 e. The van der Waals surface area contributed by atoms with Gasteiger partial charge in [0.05, 0.1) is 30.1 Å². The topological polar surface area (TPSA) is 52.6 Å². The van der Waals surface area contributed by atoms with Crippen LogP contribution in [0.2, 0.25) is 0 Å². The summed E-state index contributed by atoms with van der Waals surface area (Å²) in [7, 11) is 1.07. The van der Waals surface area contributed by atoms with Gasteiger partial charge in [-0.25, -0.2) is 9.59 Å². The summed E-state index contributed by atoms with van der Waals surface area (Å²) in [5.74, 6) is -1.89. The van der Waals surface area contributed by atoms with E-state index in [1.54, 1.807) is 97.9 Å². The molecule has 0 N–H and O–H groups in total. The molecule has 0 aliphatic carbocycles. The van der Waals surface area contributed by atoms with Crippen molar-refractivity contribution < 1.29 is 32.2 Å². The van der Waals surface area contributed by atoms with Crippen molar-refractivity contribution >= 4 is 46.1 Å². The third kappa shape index (κ3) is 6.06. The average molecular weight is 577 g/mol. The van der Waals surface area contributed by atoms with Crippen LogP contribution in [0, 0.1) is 0 Å². The number of methoxy groups -OCH3 is 1. The normalized spacial score (nSPS) is 12.0. The van der Waals surface area contributed by atoms with Gasteiger partial charge in [-0.2, -0.15) is 13.2 Å². The van der Waals surface area contributed by atoms with Gasteiger partial charge in [-0.15, -0.1) is 0 Å². The Hall–Kier alpha value is -4.35. The molecule has 4 nitrogen and oxygen atoms in total. The largest absolute Gasteiger partial charge is 0.465 e. The number of rotatable bonds is 8. The van der Waals surface area contributed by atoms with Gasteiger partial charge in [0.2, 0.25) is 0 Å². The molecular formula is C33H28F3O4P. The number of halogens is 3. The second-order valence-electron chi connectivity index (χ2n) is 8.88. The van der Waals surface area contributed by atoms with Gasteiger partial charge in [0, 0.05) is 0 Å². The number of carbonyl (C=O) groups is 2. The molecule has 0 unspecified atom stereocenters. The van der Waals surface area contributed by atoms with E-state index < -0.39 is 35.9 Å². The summed E-state index contributed by atoms with van der Waals surface area (Å²) in [6.07, 6.45) is -4.16. The Balaban J connectivity index is 2.31. The molecule has 0 atom stereocenters. The highest BCUT2D eigenvalue weighted by Gasteiger charge is 2.45. The lowest BCUT2D eigenvalue weighted by molar-refractivity contribution is -0.133. The molecule has 0 aliphatic rings. The molecule has 0 saturated heterocycles. The van der Waals surface area contributed by atoms with Gasteiger partial charge in [-0.05, 0) is 47.4 Å². The number of hydrogen-bond acceptors (Lipinski definition) is 4.